The summed E-state index contributed by atoms with van der Waals surface area (Å²) in [7, 11) is 0. The molecule has 0 radical (unpaired) electrons. The first-order chi connectivity index (χ1) is 14.4. The number of carbonyl (C=O) groups is 1. The highest BCUT2D eigenvalue weighted by molar-refractivity contribution is 5.99. The number of rotatable bonds is 3. The molecule has 5 rings (SSSR count). The quantitative estimate of drug-likeness (QED) is 0.478. The molecule has 148 valence electrons. The molecule has 3 aromatic heterocycles. The fraction of sp³-hybridized carbons (Fsp3) is 0.190. The maximum absolute atomic E-state index is 12.2. The highest BCUT2D eigenvalue weighted by Crippen LogP contribution is 2.38. The van der Waals surface area contributed by atoms with Gasteiger partial charge in [0.25, 0.3) is 0 Å². The van der Waals surface area contributed by atoms with E-state index in [1.807, 2.05) is 19.1 Å². The third kappa shape index (κ3) is 2.95. The normalized spacial score (nSPS) is 17.7. The number of nitrogens with two attached hydrogens (primary N) is 1. The van der Waals surface area contributed by atoms with Crippen LogP contribution in [0.4, 0.5) is 11.6 Å². The molecule has 4 aromatic rings. The summed E-state index contributed by atoms with van der Waals surface area (Å²) in [5.41, 5.74) is 9.47. The number of H-pyrrole nitrogens is 1. The number of anilines is 2. The number of carbonyl (C=O) groups excluding carboxylic acids is 1. The Morgan fingerprint density at radius 2 is 2.20 bits per heavy atom. The fourth-order valence-electron chi connectivity index (χ4n) is 3.61. The van der Waals surface area contributed by atoms with Gasteiger partial charge in [-0.25, -0.2) is 14.8 Å². The average molecular weight is 400 g/mol. The number of hydrogen-bond donors (Lipinski definition) is 3. The molecule has 1 aliphatic carbocycles. The topological polar surface area (TPSA) is 151 Å². The number of nitrogen functional groups attached to an aromatic ring is 1. The number of oxazole rings is 1. The highest BCUT2D eigenvalue weighted by Gasteiger charge is 2.43. The second kappa shape index (κ2) is 6.42. The van der Waals surface area contributed by atoms with E-state index in [0.29, 0.717) is 40.2 Å². The zero-order chi connectivity index (χ0) is 21.0. The Labute approximate surface area is 169 Å². The molecule has 1 fully saturated rings. The average Bonchev–Trinajstić information content (AvgIpc) is 3.41. The van der Waals surface area contributed by atoms with Crippen LogP contribution in [-0.4, -0.2) is 20.9 Å². The Hall–Kier alpha value is -4.19. The summed E-state index contributed by atoms with van der Waals surface area (Å²) in [5, 5.41) is 13.1. The van der Waals surface area contributed by atoms with Crippen LogP contribution in [0, 0.1) is 30.1 Å². The van der Waals surface area contributed by atoms with Gasteiger partial charge in [0, 0.05) is 17.1 Å². The highest BCUT2D eigenvalue weighted by atomic mass is 16.4. The van der Waals surface area contributed by atoms with Crippen molar-refractivity contribution in [2.24, 2.45) is 11.8 Å². The summed E-state index contributed by atoms with van der Waals surface area (Å²) >= 11 is 0. The van der Waals surface area contributed by atoms with E-state index < -0.39 is 5.76 Å². The van der Waals surface area contributed by atoms with Crippen molar-refractivity contribution in [2.75, 3.05) is 11.1 Å². The van der Waals surface area contributed by atoms with Crippen LogP contribution in [0.3, 0.4) is 0 Å². The lowest BCUT2D eigenvalue weighted by Crippen LogP contribution is -2.15. The van der Waals surface area contributed by atoms with E-state index in [1.165, 1.54) is 0 Å². The van der Waals surface area contributed by atoms with E-state index in [-0.39, 0.29) is 17.7 Å². The van der Waals surface area contributed by atoms with Crippen molar-refractivity contribution in [1.29, 1.82) is 5.26 Å². The van der Waals surface area contributed by atoms with Crippen LogP contribution in [0.15, 0.2) is 39.7 Å². The van der Waals surface area contributed by atoms with Gasteiger partial charge in [-0.1, -0.05) is 0 Å². The number of benzene rings is 1. The molecule has 0 bridgehead atoms. The molecular formula is C21H16N6O3. The summed E-state index contributed by atoms with van der Waals surface area (Å²) in [6.45, 7) is 1.90. The molecule has 2 atom stereocenters. The number of nitriles is 1. The van der Waals surface area contributed by atoms with Gasteiger partial charge in [0.15, 0.2) is 5.58 Å². The molecule has 9 heteroatoms. The molecule has 1 saturated carbocycles. The van der Waals surface area contributed by atoms with Crippen molar-refractivity contribution in [1.82, 2.24) is 15.0 Å². The van der Waals surface area contributed by atoms with Crippen molar-refractivity contribution < 1.29 is 9.21 Å². The SMILES string of the molecule is Cc1cc2[nH]c(=O)oc2cc1-c1cc2cc(NC(=O)[C@H]3CC3C#N)ncc2c(N)n1. The molecule has 1 aromatic carbocycles. The van der Waals surface area contributed by atoms with E-state index >= 15 is 0 Å². The van der Waals surface area contributed by atoms with Crippen molar-refractivity contribution in [2.45, 2.75) is 13.3 Å². The maximum atomic E-state index is 12.2. The van der Waals surface area contributed by atoms with Gasteiger partial charge in [0.1, 0.15) is 11.6 Å². The molecule has 3 heterocycles. The summed E-state index contributed by atoms with van der Waals surface area (Å²) in [5.74, 6) is -0.543. The van der Waals surface area contributed by atoms with Gasteiger partial charge < -0.3 is 15.5 Å². The summed E-state index contributed by atoms with van der Waals surface area (Å²) < 4.78 is 5.16. The Kier molecular flexibility index (Phi) is 3.83. The van der Waals surface area contributed by atoms with Crippen LogP contribution < -0.4 is 16.8 Å². The van der Waals surface area contributed by atoms with Crippen LogP contribution in [0.1, 0.15) is 12.0 Å². The lowest BCUT2D eigenvalue weighted by Gasteiger charge is -2.10. The Balaban J connectivity index is 1.55. The van der Waals surface area contributed by atoms with Gasteiger partial charge in [0.2, 0.25) is 5.91 Å². The first-order valence-electron chi connectivity index (χ1n) is 9.33. The first-order valence-corrected chi connectivity index (χ1v) is 9.33. The molecule has 1 unspecified atom stereocenters. The molecule has 0 spiro atoms. The van der Waals surface area contributed by atoms with Crippen molar-refractivity contribution in [3.63, 3.8) is 0 Å². The molecule has 1 aliphatic rings. The Morgan fingerprint density at radius 3 is 2.97 bits per heavy atom. The van der Waals surface area contributed by atoms with Crippen molar-refractivity contribution in [3.05, 3.63) is 46.6 Å². The van der Waals surface area contributed by atoms with E-state index in [9.17, 15) is 9.59 Å². The van der Waals surface area contributed by atoms with E-state index in [4.69, 9.17) is 15.4 Å². The molecule has 30 heavy (non-hydrogen) atoms. The Morgan fingerprint density at radius 1 is 1.37 bits per heavy atom. The third-order valence-electron chi connectivity index (χ3n) is 5.33. The lowest BCUT2D eigenvalue weighted by molar-refractivity contribution is -0.117. The zero-order valence-electron chi connectivity index (χ0n) is 15.9. The lowest BCUT2D eigenvalue weighted by atomic mass is 10.0. The summed E-state index contributed by atoms with van der Waals surface area (Å²) in [6.07, 6.45) is 2.14. The fourth-order valence-corrected chi connectivity index (χ4v) is 3.61. The van der Waals surface area contributed by atoms with Crippen molar-refractivity contribution in [3.8, 4) is 17.3 Å². The van der Waals surface area contributed by atoms with Crippen LogP contribution in [-0.2, 0) is 4.79 Å². The predicted octanol–water partition coefficient (Wildman–Crippen LogP) is 2.72. The van der Waals surface area contributed by atoms with E-state index in [1.54, 1.807) is 18.3 Å². The third-order valence-corrected chi connectivity index (χ3v) is 5.33. The largest absolute Gasteiger partial charge is 0.417 e. The zero-order valence-corrected chi connectivity index (χ0v) is 15.9. The van der Waals surface area contributed by atoms with Crippen molar-refractivity contribution >= 4 is 39.4 Å². The predicted molar refractivity (Wildman–Crippen MR) is 110 cm³/mol. The minimum absolute atomic E-state index is 0.209. The second-order valence-electron chi connectivity index (χ2n) is 7.43. The van der Waals surface area contributed by atoms with Gasteiger partial charge in [0.05, 0.1) is 29.1 Å². The monoisotopic (exact) mass is 400 g/mol. The number of fused-ring (bicyclic) bond motifs is 2. The molecule has 1 amide bonds. The number of aryl methyl sites for hydroxylation is 1. The minimum Gasteiger partial charge on any atom is -0.408 e. The molecule has 0 saturated heterocycles. The molecule has 0 aliphatic heterocycles. The van der Waals surface area contributed by atoms with Crippen LogP contribution in [0.25, 0.3) is 33.1 Å². The van der Waals surface area contributed by atoms with Gasteiger partial charge in [-0.05, 0) is 48.6 Å². The van der Waals surface area contributed by atoms with Gasteiger partial charge >= 0.3 is 5.76 Å². The minimum atomic E-state index is -0.520. The van der Waals surface area contributed by atoms with E-state index in [2.05, 4.69) is 26.3 Å². The van der Waals surface area contributed by atoms with Crippen LogP contribution in [0.5, 0.6) is 0 Å². The number of nitrogens with one attached hydrogen (secondary N) is 2. The summed E-state index contributed by atoms with van der Waals surface area (Å²) in [4.78, 5) is 35.1. The van der Waals surface area contributed by atoms with Gasteiger partial charge in [-0.3, -0.25) is 9.78 Å². The summed E-state index contributed by atoms with van der Waals surface area (Å²) in [6, 6.07) is 9.23. The van der Waals surface area contributed by atoms with E-state index in [0.717, 1.165) is 16.5 Å². The van der Waals surface area contributed by atoms with Crippen LogP contribution >= 0.6 is 0 Å². The maximum Gasteiger partial charge on any atom is 0.417 e. The molecule has 9 nitrogen and oxygen atoms in total. The number of hydrogen-bond acceptors (Lipinski definition) is 7. The van der Waals surface area contributed by atoms with Crippen LogP contribution in [0.2, 0.25) is 0 Å². The molecular weight excluding hydrogens is 384 g/mol. The number of aromatic amines is 1. The first kappa shape index (κ1) is 17.9. The Bertz CT molecular complexity index is 1450. The number of aromatic nitrogens is 3. The molecule has 4 N–H and O–H groups in total. The number of amides is 1. The second-order valence-corrected chi connectivity index (χ2v) is 7.43. The van der Waals surface area contributed by atoms with Gasteiger partial charge in [-0.2, -0.15) is 5.26 Å². The number of nitrogens with zero attached hydrogens (tertiary/aromatic N) is 3. The standard InChI is InChI=1S/C21H16N6O3/c1-9-2-16-17(30-21(29)26-16)6-12(9)15-4-10-5-18(24-8-14(10)19(23)25-15)27-20(28)13-3-11(13)7-22/h2,4-6,8,11,13H,3H2,1H3,(H2,23,25)(H,26,29)(H,24,27,28)/t11?,13-/m0/s1. The van der Waals surface area contributed by atoms with Gasteiger partial charge in [-0.15, -0.1) is 0 Å². The smallest absolute Gasteiger partial charge is 0.408 e. The number of pyridine rings is 2.